The first-order valence-electron chi connectivity index (χ1n) is 9.76. The monoisotopic (exact) mass is 365 g/mol. The van der Waals surface area contributed by atoms with Gasteiger partial charge < -0.3 is 10.4 Å². The summed E-state index contributed by atoms with van der Waals surface area (Å²) in [5.74, 6) is 1.02. The van der Waals surface area contributed by atoms with Gasteiger partial charge in [0.15, 0.2) is 0 Å². The van der Waals surface area contributed by atoms with Crippen LogP contribution in [0, 0.1) is 11.8 Å². The van der Waals surface area contributed by atoms with Gasteiger partial charge in [0.05, 0.1) is 17.8 Å². The van der Waals surface area contributed by atoms with Crippen molar-refractivity contribution in [1.29, 1.82) is 0 Å². The second kappa shape index (κ2) is 7.79. The Hall–Kier alpha value is -2.24. The summed E-state index contributed by atoms with van der Waals surface area (Å²) < 4.78 is 0. The first-order chi connectivity index (χ1) is 13.1. The predicted octanol–water partition coefficient (Wildman–Crippen LogP) is 2.46. The maximum Gasteiger partial charge on any atom is 0.217 e. The minimum Gasteiger partial charge on any atom is -0.391 e. The lowest BCUT2D eigenvalue weighted by atomic mass is 9.77. The number of rotatable bonds is 4. The van der Waals surface area contributed by atoms with E-state index in [0.29, 0.717) is 11.8 Å². The standard InChI is InChI=1S/C22H27N3O2/c1-15(26)24-21-10-18-13-25(14-19(18)11-22(21)27)12-16-5-7-17(8-6-16)20-4-2-3-9-23-20/h2-9,18-19,21-22,27H,10-14H2,1H3,(H,24,26)/t18-,19+,21-,22-/m1/s1. The van der Waals surface area contributed by atoms with Crippen molar-refractivity contribution in [2.45, 2.75) is 38.5 Å². The van der Waals surface area contributed by atoms with Crippen molar-refractivity contribution in [2.75, 3.05) is 13.1 Å². The molecule has 1 aromatic carbocycles. The Morgan fingerprint density at radius 3 is 2.56 bits per heavy atom. The first kappa shape index (κ1) is 18.1. The summed E-state index contributed by atoms with van der Waals surface area (Å²) >= 11 is 0. The molecule has 1 saturated heterocycles. The van der Waals surface area contributed by atoms with Crippen LogP contribution in [0.5, 0.6) is 0 Å². The number of aromatic nitrogens is 1. The fraction of sp³-hybridized carbons (Fsp3) is 0.455. The first-order valence-corrected chi connectivity index (χ1v) is 9.76. The number of carbonyl (C=O) groups excluding carboxylic acids is 1. The fourth-order valence-corrected chi connectivity index (χ4v) is 4.65. The molecule has 4 atom stereocenters. The number of hydrogen-bond acceptors (Lipinski definition) is 4. The van der Waals surface area contributed by atoms with Gasteiger partial charge in [0.25, 0.3) is 0 Å². The largest absolute Gasteiger partial charge is 0.391 e. The number of hydrogen-bond donors (Lipinski definition) is 2. The molecule has 0 unspecified atom stereocenters. The third-order valence-corrected chi connectivity index (χ3v) is 5.93. The number of aliphatic hydroxyl groups is 1. The Bertz CT molecular complexity index is 778. The van der Waals surface area contributed by atoms with E-state index in [1.807, 2.05) is 24.4 Å². The van der Waals surface area contributed by atoms with Crippen LogP contribution >= 0.6 is 0 Å². The quantitative estimate of drug-likeness (QED) is 0.874. The Kier molecular flexibility index (Phi) is 5.23. The molecule has 1 aromatic heterocycles. The lowest BCUT2D eigenvalue weighted by Crippen LogP contribution is -2.48. The molecule has 142 valence electrons. The predicted molar refractivity (Wildman–Crippen MR) is 105 cm³/mol. The summed E-state index contributed by atoms with van der Waals surface area (Å²) in [5, 5.41) is 13.3. The molecule has 0 bridgehead atoms. The van der Waals surface area contributed by atoms with E-state index in [-0.39, 0.29) is 11.9 Å². The Morgan fingerprint density at radius 2 is 1.89 bits per heavy atom. The van der Waals surface area contributed by atoms with Crippen LogP contribution in [0.25, 0.3) is 11.3 Å². The molecular formula is C22H27N3O2. The van der Waals surface area contributed by atoms with E-state index >= 15 is 0 Å². The molecule has 5 nitrogen and oxygen atoms in total. The van der Waals surface area contributed by atoms with Gasteiger partial charge >= 0.3 is 0 Å². The van der Waals surface area contributed by atoms with Crippen LogP contribution in [0.4, 0.5) is 0 Å². The van der Waals surface area contributed by atoms with Crippen molar-refractivity contribution in [3.63, 3.8) is 0 Å². The normalized spacial score (nSPS) is 27.9. The Balaban J connectivity index is 1.37. The number of carbonyl (C=O) groups is 1. The molecule has 2 heterocycles. The zero-order chi connectivity index (χ0) is 18.8. The summed E-state index contributed by atoms with van der Waals surface area (Å²) in [6.07, 6.45) is 3.05. The van der Waals surface area contributed by atoms with Crippen molar-refractivity contribution in [3.05, 3.63) is 54.2 Å². The molecular weight excluding hydrogens is 338 g/mol. The number of nitrogens with zero attached hydrogens (tertiary/aromatic N) is 2. The van der Waals surface area contributed by atoms with Crippen LogP contribution < -0.4 is 5.32 Å². The highest BCUT2D eigenvalue weighted by molar-refractivity contribution is 5.73. The molecule has 2 aliphatic rings. The molecule has 1 saturated carbocycles. The molecule has 2 fully saturated rings. The number of benzene rings is 1. The zero-order valence-electron chi connectivity index (χ0n) is 15.7. The van der Waals surface area contributed by atoms with E-state index in [1.54, 1.807) is 0 Å². The highest BCUT2D eigenvalue weighted by atomic mass is 16.3. The average molecular weight is 365 g/mol. The van der Waals surface area contributed by atoms with Gasteiger partial charge in [-0.3, -0.25) is 14.7 Å². The van der Waals surface area contributed by atoms with Gasteiger partial charge in [0, 0.05) is 38.3 Å². The molecule has 5 heteroatoms. The number of likely N-dealkylation sites (tertiary alicyclic amines) is 1. The lowest BCUT2D eigenvalue weighted by Gasteiger charge is -2.35. The van der Waals surface area contributed by atoms with Gasteiger partial charge in [-0.05, 0) is 42.4 Å². The second-order valence-electron chi connectivity index (χ2n) is 7.97. The van der Waals surface area contributed by atoms with Crippen molar-refractivity contribution in [1.82, 2.24) is 15.2 Å². The number of amides is 1. The molecule has 27 heavy (non-hydrogen) atoms. The highest BCUT2D eigenvalue weighted by Gasteiger charge is 2.41. The summed E-state index contributed by atoms with van der Waals surface area (Å²) in [4.78, 5) is 18.2. The van der Waals surface area contributed by atoms with E-state index < -0.39 is 6.10 Å². The van der Waals surface area contributed by atoms with Crippen LogP contribution in [0.1, 0.15) is 25.3 Å². The molecule has 0 spiro atoms. The van der Waals surface area contributed by atoms with Crippen LogP contribution in [-0.4, -0.2) is 46.1 Å². The van der Waals surface area contributed by atoms with E-state index in [1.165, 1.54) is 12.5 Å². The minimum absolute atomic E-state index is 0.0552. The zero-order valence-corrected chi connectivity index (χ0v) is 15.7. The Labute approximate surface area is 160 Å². The van der Waals surface area contributed by atoms with Gasteiger partial charge in [-0.15, -0.1) is 0 Å². The molecule has 1 amide bonds. The number of pyridine rings is 1. The lowest BCUT2D eigenvalue weighted by molar-refractivity contribution is -0.121. The van der Waals surface area contributed by atoms with Crippen molar-refractivity contribution in [2.24, 2.45) is 11.8 Å². The van der Waals surface area contributed by atoms with Gasteiger partial charge in [-0.25, -0.2) is 0 Å². The van der Waals surface area contributed by atoms with Crippen LogP contribution in [0.15, 0.2) is 48.7 Å². The fourth-order valence-electron chi connectivity index (χ4n) is 4.65. The molecule has 2 N–H and O–H groups in total. The van der Waals surface area contributed by atoms with Crippen molar-refractivity contribution < 1.29 is 9.90 Å². The van der Waals surface area contributed by atoms with E-state index in [2.05, 4.69) is 39.5 Å². The van der Waals surface area contributed by atoms with Crippen molar-refractivity contribution >= 4 is 5.91 Å². The highest BCUT2D eigenvalue weighted by Crippen LogP contribution is 2.37. The number of nitrogens with one attached hydrogen (secondary N) is 1. The molecule has 1 aliphatic carbocycles. The summed E-state index contributed by atoms with van der Waals surface area (Å²) in [6, 6.07) is 14.5. The van der Waals surface area contributed by atoms with Gasteiger partial charge in [0.2, 0.25) is 5.91 Å². The van der Waals surface area contributed by atoms with Crippen LogP contribution in [-0.2, 0) is 11.3 Å². The number of fused-ring (bicyclic) bond motifs is 1. The van der Waals surface area contributed by atoms with Crippen LogP contribution in [0.3, 0.4) is 0 Å². The number of aliphatic hydroxyl groups excluding tert-OH is 1. The van der Waals surface area contributed by atoms with Gasteiger partial charge in [-0.1, -0.05) is 30.3 Å². The average Bonchev–Trinajstić information content (AvgIpc) is 3.04. The molecule has 0 radical (unpaired) electrons. The maximum atomic E-state index is 11.3. The smallest absolute Gasteiger partial charge is 0.217 e. The van der Waals surface area contributed by atoms with Gasteiger partial charge in [-0.2, -0.15) is 0 Å². The van der Waals surface area contributed by atoms with Gasteiger partial charge in [0.1, 0.15) is 0 Å². The third kappa shape index (κ3) is 4.20. The van der Waals surface area contributed by atoms with Crippen LogP contribution in [0.2, 0.25) is 0 Å². The Morgan fingerprint density at radius 1 is 1.15 bits per heavy atom. The molecule has 2 aromatic rings. The van der Waals surface area contributed by atoms with E-state index in [4.69, 9.17) is 0 Å². The third-order valence-electron chi connectivity index (χ3n) is 5.93. The SMILES string of the molecule is CC(=O)N[C@@H]1C[C@@H]2CN(Cc3ccc(-c4ccccn4)cc3)C[C@@H]2C[C@H]1O. The summed E-state index contributed by atoms with van der Waals surface area (Å²) in [5.41, 5.74) is 3.43. The van der Waals surface area contributed by atoms with Crippen molar-refractivity contribution in [3.8, 4) is 11.3 Å². The summed E-state index contributed by atoms with van der Waals surface area (Å²) in [7, 11) is 0. The van der Waals surface area contributed by atoms with E-state index in [9.17, 15) is 9.90 Å². The van der Waals surface area contributed by atoms with E-state index in [0.717, 1.165) is 43.7 Å². The second-order valence-corrected chi connectivity index (χ2v) is 7.97. The molecule has 4 rings (SSSR count). The summed E-state index contributed by atoms with van der Waals surface area (Å²) in [6.45, 7) is 4.51. The topological polar surface area (TPSA) is 65.5 Å². The maximum absolute atomic E-state index is 11.3. The minimum atomic E-state index is -0.423. The molecule has 1 aliphatic heterocycles.